The molecule has 0 amide bonds. The Hall–Kier alpha value is -0.120. The molecule has 3 nitrogen and oxygen atoms in total. The first kappa shape index (κ1) is 12.0. The lowest BCUT2D eigenvalue weighted by molar-refractivity contribution is 0.0980. The van der Waals surface area contributed by atoms with E-state index in [2.05, 4.69) is 4.90 Å². The summed E-state index contributed by atoms with van der Waals surface area (Å²) in [5, 5.41) is 0. The third-order valence-electron chi connectivity index (χ3n) is 2.95. The van der Waals surface area contributed by atoms with Gasteiger partial charge in [0.15, 0.2) is 0 Å². The fraction of sp³-hybridized carbons (Fsp3) is 1.00. The number of hydrogen-bond donors (Lipinski definition) is 1. The van der Waals surface area contributed by atoms with Crippen molar-refractivity contribution in [2.45, 2.75) is 38.6 Å². The molecule has 84 valence electrons. The molecular formula is C11H24N2O. The average molecular weight is 200 g/mol. The van der Waals surface area contributed by atoms with Crippen molar-refractivity contribution in [1.82, 2.24) is 4.90 Å². The van der Waals surface area contributed by atoms with Crippen molar-refractivity contribution in [3.63, 3.8) is 0 Å². The Morgan fingerprint density at radius 2 is 2.14 bits per heavy atom. The second-order valence-corrected chi connectivity index (χ2v) is 3.96. The number of ether oxygens (including phenoxy) is 1. The number of nitrogens with two attached hydrogens (primary N) is 1. The van der Waals surface area contributed by atoms with Crippen LogP contribution in [0.2, 0.25) is 0 Å². The third-order valence-corrected chi connectivity index (χ3v) is 2.95. The number of hydrogen-bond acceptors (Lipinski definition) is 3. The molecule has 0 saturated heterocycles. The van der Waals surface area contributed by atoms with Crippen LogP contribution in [0.15, 0.2) is 0 Å². The average Bonchev–Trinajstić information content (AvgIpc) is 2.10. The summed E-state index contributed by atoms with van der Waals surface area (Å²) < 4.78 is 5.34. The van der Waals surface area contributed by atoms with E-state index >= 15 is 0 Å². The van der Waals surface area contributed by atoms with Crippen LogP contribution in [0.25, 0.3) is 0 Å². The highest BCUT2D eigenvalue weighted by Crippen LogP contribution is 2.24. The van der Waals surface area contributed by atoms with E-state index in [0.29, 0.717) is 0 Å². The molecule has 0 heterocycles. The van der Waals surface area contributed by atoms with Crippen LogP contribution >= 0.6 is 0 Å². The van der Waals surface area contributed by atoms with Gasteiger partial charge in [-0.1, -0.05) is 6.42 Å². The molecule has 3 heteroatoms. The first-order valence-electron chi connectivity index (χ1n) is 5.90. The van der Waals surface area contributed by atoms with Crippen LogP contribution in [0.4, 0.5) is 0 Å². The molecule has 0 radical (unpaired) electrons. The number of nitrogens with zero attached hydrogens (tertiary/aromatic N) is 1. The zero-order valence-electron chi connectivity index (χ0n) is 9.37. The molecule has 0 spiro atoms. The molecular weight excluding hydrogens is 176 g/mol. The molecule has 1 rings (SSSR count). The zero-order chi connectivity index (χ0) is 10.2. The van der Waals surface area contributed by atoms with Crippen LogP contribution in [0, 0.1) is 0 Å². The van der Waals surface area contributed by atoms with Crippen LogP contribution in [0.5, 0.6) is 0 Å². The molecule has 0 aliphatic heterocycles. The summed E-state index contributed by atoms with van der Waals surface area (Å²) in [7, 11) is 0. The molecule has 2 N–H and O–H groups in total. The number of rotatable bonds is 8. The van der Waals surface area contributed by atoms with Gasteiger partial charge in [-0.15, -0.1) is 0 Å². The Bertz CT molecular complexity index is 137. The van der Waals surface area contributed by atoms with Crippen molar-refractivity contribution in [1.29, 1.82) is 0 Å². The summed E-state index contributed by atoms with van der Waals surface area (Å²) in [6, 6.07) is 0.820. The summed E-state index contributed by atoms with van der Waals surface area (Å²) in [4.78, 5) is 2.53. The van der Waals surface area contributed by atoms with Crippen LogP contribution in [0.3, 0.4) is 0 Å². The van der Waals surface area contributed by atoms with E-state index in [4.69, 9.17) is 10.5 Å². The third kappa shape index (κ3) is 3.95. The fourth-order valence-electron chi connectivity index (χ4n) is 1.91. The minimum atomic E-state index is 0.783. The monoisotopic (exact) mass is 200 g/mol. The highest BCUT2D eigenvalue weighted by molar-refractivity contribution is 4.79. The molecule has 1 aliphatic rings. The second-order valence-electron chi connectivity index (χ2n) is 3.96. The van der Waals surface area contributed by atoms with Crippen LogP contribution in [-0.2, 0) is 4.74 Å². The quantitative estimate of drug-likeness (QED) is 0.599. The standard InChI is InChI=1S/C11H24N2O/c1-2-14-10-4-8-13(9-7-12)11-5-3-6-11/h11H,2-10,12H2,1H3. The fourth-order valence-corrected chi connectivity index (χ4v) is 1.91. The highest BCUT2D eigenvalue weighted by atomic mass is 16.5. The normalized spacial score (nSPS) is 17.4. The van der Waals surface area contributed by atoms with Crippen LogP contribution in [-0.4, -0.2) is 43.8 Å². The molecule has 0 aromatic rings. The summed E-state index contributed by atoms with van der Waals surface area (Å²) in [6.07, 6.45) is 5.28. The molecule has 0 aromatic carbocycles. The molecule has 1 fully saturated rings. The van der Waals surface area contributed by atoms with Gasteiger partial charge in [0.05, 0.1) is 0 Å². The minimum absolute atomic E-state index is 0.783. The summed E-state index contributed by atoms with van der Waals surface area (Å²) in [5.41, 5.74) is 5.60. The molecule has 1 aliphatic carbocycles. The van der Waals surface area contributed by atoms with E-state index in [0.717, 1.165) is 45.3 Å². The van der Waals surface area contributed by atoms with Crippen molar-refractivity contribution >= 4 is 0 Å². The van der Waals surface area contributed by atoms with Gasteiger partial charge in [-0.25, -0.2) is 0 Å². The van der Waals surface area contributed by atoms with E-state index in [9.17, 15) is 0 Å². The predicted octanol–water partition coefficient (Wildman–Crippen LogP) is 1.23. The lowest BCUT2D eigenvalue weighted by Gasteiger charge is -2.37. The topological polar surface area (TPSA) is 38.5 Å². The van der Waals surface area contributed by atoms with Crippen molar-refractivity contribution in [3.8, 4) is 0 Å². The van der Waals surface area contributed by atoms with Gasteiger partial charge in [0.25, 0.3) is 0 Å². The summed E-state index contributed by atoms with van der Waals surface area (Å²) >= 11 is 0. The minimum Gasteiger partial charge on any atom is -0.382 e. The highest BCUT2D eigenvalue weighted by Gasteiger charge is 2.23. The molecule has 0 aromatic heterocycles. The Labute approximate surface area is 87.6 Å². The van der Waals surface area contributed by atoms with Gasteiger partial charge in [-0.3, -0.25) is 4.90 Å². The Morgan fingerprint density at radius 1 is 1.36 bits per heavy atom. The maximum absolute atomic E-state index is 5.60. The van der Waals surface area contributed by atoms with Crippen molar-refractivity contribution in [2.75, 3.05) is 32.8 Å². The van der Waals surface area contributed by atoms with Gasteiger partial charge in [-0.05, 0) is 26.2 Å². The Balaban J connectivity index is 2.08. The van der Waals surface area contributed by atoms with E-state index < -0.39 is 0 Å². The molecule has 1 saturated carbocycles. The van der Waals surface area contributed by atoms with E-state index in [-0.39, 0.29) is 0 Å². The van der Waals surface area contributed by atoms with Crippen molar-refractivity contribution in [3.05, 3.63) is 0 Å². The van der Waals surface area contributed by atoms with Gasteiger partial charge in [0, 0.05) is 38.9 Å². The van der Waals surface area contributed by atoms with Gasteiger partial charge >= 0.3 is 0 Å². The van der Waals surface area contributed by atoms with E-state index in [1.807, 2.05) is 6.92 Å². The first-order valence-corrected chi connectivity index (χ1v) is 5.90. The largest absolute Gasteiger partial charge is 0.382 e. The molecule has 0 unspecified atom stereocenters. The molecule has 0 atom stereocenters. The van der Waals surface area contributed by atoms with Crippen LogP contribution < -0.4 is 5.73 Å². The van der Waals surface area contributed by atoms with Gasteiger partial charge in [-0.2, -0.15) is 0 Å². The zero-order valence-corrected chi connectivity index (χ0v) is 9.37. The predicted molar refractivity (Wildman–Crippen MR) is 59.4 cm³/mol. The summed E-state index contributed by atoms with van der Waals surface area (Å²) in [6.45, 7) is 6.76. The van der Waals surface area contributed by atoms with Crippen LogP contribution in [0.1, 0.15) is 32.6 Å². The molecule has 0 bridgehead atoms. The van der Waals surface area contributed by atoms with E-state index in [1.165, 1.54) is 19.3 Å². The summed E-state index contributed by atoms with van der Waals surface area (Å²) in [5.74, 6) is 0. The van der Waals surface area contributed by atoms with E-state index in [1.54, 1.807) is 0 Å². The van der Waals surface area contributed by atoms with Crippen molar-refractivity contribution in [2.24, 2.45) is 5.73 Å². The van der Waals surface area contributed by atoms with Gasteiger partial charge in [0.2, 0.25) is 0 Å². The first-order chi connectivity index (χ1) is 6.88. The maximum Gasteiger partial charge on any atom is 0.0478 e. The second kappa shape index (κ2) is 7.21. The van der Waals surface area contributed by atoms with Gasteiger partial charge in [0.1, 0.15) is 0 Å². The molecule has 14 heavy (non-hydrogen) atoms. The van der Waals surface area contributed by atoms with Gasteiger partial charge < -0.3 is 10.5 Å². The maximum atomic E-state index is 5.60. The SMILES string of the molecule is CCOCCCN(CCN)C1CCC1. The lowest BCUT2D eigenvalue weighted by Crippen LogP contribution is -2.43. The lowest BCUT2D eigenvalue weighted by atomic mass is 9.91. The Kier molecular flexibility index (Phi) is 6.15. The smallest absolute Gasteiger partial charge is 0.0478 e. The Morgan fingerprint density at radius 3 is 2.64 bits per heavy atom. The van der Waals surface area contributed by atoms with Crippen molar-refractivity contribution < 1.29 is 4.74 Å².